The number of rotatable bonds is 4. The van der Waals surface area contributed by atoms with E-state index in [2.05, 4.69) is 10.9 Å². The molecule has 0 unspecified atom stereocenters. The van der Waals surface area contributed by atoms with Crippen LogP contribution in [0.4, 0.5) is 10.1 Å². The molecule has 6 heteroatoms. The molecule has 0 saturated carbocycles. The van der Waals surface area contributed by atoms with Gasteiger partial charge in [0.1, 0.15) is 5.82 Å². The molecule has 0 aliphatic rings. The maximum atomic E-state index is 13.6. The van der Waals surface area contributed by atoms with Crippen LogP contribution in [-0.2, 0) is 9.53 Å². The van der Waals surface area contributed by atoms with Crippen LogP contribution in [0.15, 0.2) is 12.1 Å². The molecule has 0 radical (unpaired) electrons. The van der Waals surface area contributed by atoms with Gasteiger partial charge in [0.25, 0.3) is 0 Å². The van der Waals surface area contributed by atoms with Gasteiger partial charge in [-0.25, -0.2) is 9.18 Å². The molecule has 0 aliphatic heterocycles. The van der Waals surface area contributed by atoms with Gasteiger partial charge in [-0.05, 0) is 31.5 Å². The Morgan fingerprint density at radius 3 is 2.61 bits per heavy atom. The first-order chi connectivity index (χ1) is 8.45. The van der Waals surface area contributed by atoms with Gasteiger partial charge >= 0.3 is 5.97 Å². The Labute approximate surface area is 104 Å². The second-order valence-electron chi connectivity index (χ2n) is 3.67. The lowest BCUT2D eigenvalue weighted by Gasteiger charge is -2.11. The van der Waals surface area contributed by atoms with Gasteiger partial charge in [-0.1, -0.05) is 0 Å². The van der Waals surface area contributed by atoms with Crippen molar-refractivity contribution < 1.29 is 18.7 Å². The van der Waals surface area contributed by atoms with E-state index in [-0.39, 0.29) is 23.8 Å². The second-order valence-corrected chi connectivity index (χ2v) is 3.67. The summed E-state index contributed by atoms with van der Waals surface area (Å²) in [4.78, 5) is 22.3. The number of anilines is 1. The van der Waals surface area contributed by atoms with Gasteiger partial charge in [0, 0.05) is 6.92 Å². The minimum atomic E-state index is -0.561. The Bertz CT molecular complexity index is 475. The fourth-order valence-electron chi connectivity index (χ4n) is 1.35. The molecular formula is C12H15FN2O3. The first kappa shape index (κ1) is 14.0. The average molecular weight is 254 g/mol. The van der Waals surface area contributed by atoms with Crippen LogP contribution in [0.25, 0.3) is 0 Å². The lowest BCUT2D eigenvalue weighted by Crippen LogP contribution is -2.27. The molecule has 0 aromatic heterocycles. The zero-order valence-corrected chi connectivity index (χ0v) is 10.5. The third kappa shape index (κ3) is 3.44. The van der Waals surface area contributed by atoms with Gasteiger partial charge in [0.05, 0.1) is 17.9 Å². The minimum Gasteiger partial charge on any atom is -0.462 e. The summed E-state index contributed by atoms with van der Waals surface area (Å²) in [6, 6.07) is 2.51. The van der Waals surface area contributed by atoms with Crippen molar-refractivity contribution in [3.05, 3.63) is 29.1 Å². The summed E-state index contributed by atoms with van der Waals surface area (Å²) in [6.45, 7) is 4.82. The number of carbonyl (C=O) groups excluding carboxylic acids is 2. The monoisotopic (exact) mass is 254 g/mol. The van der Waals surface area contributed by atoms with Gasteiger partial charge < -0.3 is 4.74 Å². The highest BCUT2D eigenvalue weighted by molar-refractivity contribution is 5.92. The van der Waals surface area contributed by atoms with Crippen molar-refractivity contribution in [1.82, 2.24) is 5.43 Å². The normalized spacial score (nSPS) is 9.78. The van der Waals surface area contributed by atoms with E-state index in [9.17, 15) is 14.0 Å². The van der Waals surface area contributed by atoms with Crippen molar-refractivity contribution in [2.75, 3.05) is 12.0 Å². The lowest BCUT2D eigenvalue weighted by molar-refractivity contribution is -0.118. The van der Waals surface area contributed by atoms with E-state index in [0.29, 0.717) is 5.56 Å². The molecule has 0 atom stereocenters. The highest BCUT2D eigenvalue weighted by Gasteiger charge is 2.14. The molecule has 1 aromatic carbocycles. The number of halogens is 1. The largest absolute Gasteiger partial charge is 0.462 e. The van der Waals surface area contributed by atoms with Crippen molar-refractivity contribution >= 4 is 17.6 Å². The quantitative estimate of drug-likeness (QED) is 0.634. The fraction of sp³-hybridized carbons (Fsp3) is 0.333. The van der Waals surface area contributed by atoms with Crippen molar-refractivity contribution in [1.29, 1.82) is 0 Å². The van der Waals surface area contributed by atoms with E-state index < -0.39 is 11.8 Å². The second kappa shape index (κ2) is 6.00. The van der Waals surface area contributed by atoms with E-state index in [1.54, 1.807) is 13.8 Å². The summed E-state index contributed by atoms with van der Waals surface area (Å²) < 4.78 is 18.4. The standard InChI is InChI=1S/C12H15FN2O3/c1-4-18-12(17)9-6-11(15-14-8(3)16)10(13)5-7(9)2/h5-6,15H,4H2,1-3H3,(H,14,16). The molecule has 0 aliphatic carbocycles. The summed E-state index contributed by atoms with van der Waals surface area (Å²) in [6.07, 6.45) is 0. The van der Waals surface area contributed by atoms with Gasteiger partial charge in [-0.15, -0.1) is 0 Å². The van der Waals surface area contributed by atoms with E-state index in [1.807, 2.05) is 0 Å². The summed E-state index contributed by atoms with van der Waals surface area (Å²) >= 11 is 0. The van der Waals surface area contributed by atoms with Crippen LogP contribution in [0.1, 0.15) is 29.8 Å². The number of hydrogen-bond donors (Lipinski definition) is 2. The van der Waals surface area contributed by atoms with Crippen LogP contribution >= 0.6 is 0 Å². The van der Waals surface area contributed by atoms with Crippen LogP contribution in [0.5, 0.6) is 0 Å². The summed E-state index contributed by atoms with van der Waals surface area (Å²) in [5.41, 5.74) is 5.37. The number of hydrazine groups is 1. The van der Waals surface area contributed by atoms with E-state index in [1.165, 1.54) is 19.1 Å². The smallest absolute Gasteiger partial charge is 0.338 e. The average Bonchev–Trinajstić information content (AvgIpc) is 2.27. The Hall–Kier alpha value is -2.11. The molecule has 1 rings (SSSR count). The first-order valence-corrected chi connectivity index (χ1v) is 5.45. The van der Waals surface area contributed by atoms with Crippen LogP contribution in [0.2, 0.25) is 0 Å². The van der Waals surface area contributed by atoms with Crippen LogP contribution in [-0.4, -0.2) is 18.5 Å². The van der Waals surface area contributed by atoms with E-state index >= 15 is 0 Å². The fourth-order valence-corrected chi connectivity index (χ4v) is 1.35. The van der Waals surface area contributed by atoms with E-state index in [0.717, 1.165) is 0 Å². The van der Waals surface area contributed by atoms with E-state index in [4.69, 9.17) is 4.74 Å². The maximum absolute atomic E-state index is 13.6. The number of carbonyl (C=O) groups is 2. The Morgan fingerprint density at radius 1 is 1.39 bits per heavy atom. The molecule has 98 valence electrons. The number of hydrogen-bond acceptors (Lipinski definition) is 4. The molecule has 0 bridgehead atoms. The van der Waals surface area contributed by atoms with Crippen LogP contribution in [0.3, 0.4) is 0 Å². The number of ether oxygens (including phenoxy) is 1. The Morgan fingerprint density at radius 2 is 2.06 bits per heavy atom. The van der Waals surface area contributed by atoms with Crippen molar-refractivity contribution in [2.45, 2.75) is 20.8 Å². The Balaban J connectivity index is 3.01. The highest BCUT2D eigenvalue weighted by Crippen LogP contribution is 2.20. The molecule has 2 N–H and O–H groups in total. The molecular weight excluding hydrogens is 239 g/mol. The molecule has 18 heavy (non-hydrogen) atoms. The SMILES string of the molecule is CCOC(=O)c1cc(NNC(C)=O)c(F)cc1C. The van der Waals surface area contributed by atoms with Gasteiger partial charge in [-0.3, -0.25) is 15.6 Å². The summed E-state index contributed by atoms with van der Waals surface area (Å²) in [5, 5.41) is 0. The molecule has 1 amide bonds. The lowest BCUT2D eigenvalue weighted by atomic mass is 10.1. The molecule has 5 nitrogen and oxygen atoms in total. The summed E-state index contributed by atoms with van der Waals surface area (Å²) in [7, 11) is 0. The minimum absolute atomic E-state index is 0.0128. The predicted octanol–water partition coefficient (Wildman–Crippen LogP) is 1.77. The van der Waals surface area contributed by atoms with Crippen molar-refractivity contribution in [2.24, 2.45) is 0 Å². The van der Waals surface area contributed by atoms with Gasteiger partial charge in [0.15, 0.2) is 0 Å². The van der Waals surface area contributed by atoms with Crippen molar-refractivity contribution in [3.8, 4) is 0 Å². The topological polar surface area (TPSA) is 67.4 Å². The molecule has 0 fully saturated rings. The van der Waals surface area contributed by atoms with Gasteiger partial charge in [0.2, 0.25) is 5.91 Å². The summed E-state index contributed by atoms with van der Waals surface area (Å²) in [5.74, 6) is -1.46. The predicted molar refractivity (Wildman–Crippen MR) is 64.5 cm³/mol. The van der Waals surface area contributed by atoms with Crippen molar-refractivity contribution in [3.63, 3.8) is 0 Å². The zero-order chi connectivity index (χ0) is 13.7. The van der Waals surface area contributed by atoms with Gasteiger partial charge in [-0.2, -0.15) is 0 Å². The number of amides is 1. The Kier molecular flexibility index (Phi) is 4.65. The first-order valence-electron chi connectivity index (χ1n) is 5.45. The number of benzene rings is 1. The zero-order valence-electron chi connectivity index (χ0n) is 10.5. The maximum Gasteiger partial charge on any atom is 0.338 e. The number of nitrogens with one attached hydrogen (secondary N) is 2. The third-order valence-corrected chi connectivity index (χ3v) is 2.18. The third-order valence-electron chi connectivity index (χ3n) is 2.18. The number of aryl methyl sites for hydroxylation is 1. The number of esters is 1. The molecule has 0 saturated heterocycles. The highest BCUT2D eigenvalue weighted by atomic mass is 19.1. The van der Waals surface area contributed by atoms with Crippen LogP contribution < -0.4 is 10.9 Å². The van der Waals surface area contributed by atoms with Crippen LogP contribution in [0, 0.1) is 12.7 Å². The molecule has 1 aromatic rings. The molecule has 0 spiro atoms. The molecule has 0 heterocycles.